The third kappa shape index (κ3) is 5.58. The average molecular weight is 719 g/mol. The molecule has 0 saturated heterocycles. The van der Waals surface area contributed by atoms with Crippen molar-refractivity contribution in [3.63, 3.8) is 0 Å². The molecule has 266 valence electrons. The standard InChI is InChI=1S/C54H38O2/c1-55-41-24-14-22-39(31-41)51-45-28-11-12-29-46(45)52(40-23-15-25-42(32-40)56-2)50-34-48-47(33-49(50)51)43-26-9-10-27-44(43)54(53(48)36-18-7-4-8-19-36)38-21-13-20-37(30-38)35-16-5-3-6-17-35/h3-34H,1-2H3. The van der Waals surface area contributed by atoms with Gasteiger partial charge in [0.15, 0.2) is 0 Å². The van der Waals surface area contributed by atoms with Crippen LogP contribution in [0.1, 0.15) is 0 Å². The lowest BCUT2D eigenvalue weighted by Gasteiger charge is -2.22. The minimum Gasteiger partial charge on any atom is -0.497 e. The second kappa shape index (κ2) is 13.9. The van der Waals surface area contributed by atoms with Crippen molar-refractivity contribution in [2.75, 3.05) is 14.2 Å². The third-order valence-corrected chi connectivity index (χ3v) is 11.2. The molecule has 0 heterocycles. The molecule has 56 heavy (non-hydrogen) atoms. The SMILES string of the molecule is COc1cccc(-c2c3ccccc3c(-c3cccc(OC)c3)c3cc4c(cc23)c(-c2ccccc2)c(-c2cccc(-c3ccccc3)c2)c2ccccc24)c1. The largest absolute Gasteiger partial charge is 0.497 e. The van der Waals surface area contributed by atoms with E-state index >= 15 is 0 Å². The van der Waals surface area contributed by atoms with Gasteiger partial charge in [0.05, 0.1) is 14.2 Å². The number of rotatable bonds is 7. The second-order valence-corrected chi connectivity index (χ2v) is 14.3. The van der Waals surface area contributed by atoms with Crippen LogP contribution in [-0.2, 0) is 0 Å². The van der Waals surface area contributed by atoms with E-state index in [4.69, 9.17) is 9.47 Å². The van der Waals surface area contributed by atoms with Crippen LogP contribution in [-0.4, -0.2) is 14.2 Å². The van der Waals surface area contributed by atoms with Crippen molar-refractivity contribution in [1.82, 2.24) is 0 Å². The molecule has 2 heteroatoms. The number of hydrogen-bond acceptors (Lipinski definition) is 2. The van der Waals surface area contributed by atoms with Crippen molar-refractivity contribution in [3.05, 3.63) is 194 Å². The van der Waals surface area contributed by atoms with Crippen LogP contribution in [0.2, 0.25) is 0 Å². The first kappa shape index (κ1) is 33.4. The fourth-order valence-electron chi connectivity index (χ4n) is 8.73. The summed E-state index contributed by atoms with van der Waals surface area (Å²) >= 11 is 0. The Hall–Kier alpha value is -7.16. The summed E-state index contributed by atoms with van der Waals surface area (Å²) in [6.45, 7) is 0. The quantitative estimate of drug-likeness (QED) is 0.121. The Morgan fingerprint density at radius 3 is 1.16 bits per heavy atom. The van der Waals surface area contributed by atoms with Crippen molar-refractivity contribution in [1.29, 1.82) is 0 Å². The van der Waals surface area contributed by atoms with Gasteiger partial charge in [0.1, 0.15) is 11.5 Å². The van der Waals surface area contributed by atoms with Crippen LogP contribution in [0, 0.1) is 0 Å². The van der Waals surface area contributed by atoms with Crippen molar-refractivity contribution >= 4 is 43.1 Å². The Balaban J connectivity index is 1.42. The van der Waals surface area contributed by atoms with E-state index in [0.29, 0.717) is 0 Å². The molecule has 0 saturated carbocycles. The number of hydrogen-bond donors (Lipinski definition) is 0. The Labute approximate surface area is 326 Å². The summed E-state index contributed by atoms with van der Waals surface area (Å²) < 4.78 is 11.6. The zero-order chi connectivity index (χ0) is 37.6. The van der Waals surface area contributed by atoms with Crippen molar-refractivity contribution in [2.24, 2.45) is 0 Å². The Morgan fingerprint density at radius 1 is 0.232 bits per heavy atom. The lowest BCUT2D eigenvalue weighted by Crippen LogP contribution is -1.95. The summed E-state index contributed by atoms with van der Waals surface area (Å²) in [7, 11) is 3.47. The second-order valence-electron chi connectivity index (χ2n) is 14.3. The number of fused-ring (bicyclic) bond motifs is 5. The monoisotopic (exact) mass is 718 g/mol. The molecule has 2 nitrogen and oxygen atoms in total. The van der Waals surface area contributed by atoms with Gasteiger partial charge in [-0.1, -0.05) is 152 Å². The summed E-state index contributed by atoms with van der Waals surface area (Å²) in [6.07, 6.45) is 0. The molecule has 0 unspecified atom stereocenters. The van der Waals surface area contributed by atoms with Gasteiger partial charge < -0.3 is 9.47 Å². The molecule has 0 radical (unpaired) electrons. The van der Waals surface area contributed by atoms with Crippen LogP contribution < -0.4 is 9.47 Å². The van der Waals surface area contributed by atoms with Crippen LogP contribution in [0.25, 0.3) is 98.7 Å². The van der Waals surface area contributed by atoms with Gasteiger partial charge in [-0.15, -0.1) is 0 Å². The molecule has 0 aliphatic carbocycles. The first-order valence-corrected chi connectivity index (χ1v) is 19.1. The smallest absolute Gasteiger partial charge is 0.119 e. The van der Waals surface area contributed by atoms with Crippen LogP contribution in [0.4, 0.5) is 0 Å². The lowest BCUT2D eigenvalue weighted by atomic mass is 9.80. The molecule has 0 amide bonds. The normalized spacial score (nSPS) is 11.4. The van der Waals surface area contributed by atoms with E-state index in [1.54, 1.807) is 14.2 Å². The minimum absolute atomic E-state index is 0.828. The van der Waals surface area contributed by atoms with Gasteiger partial charge in [0.2, 0.25) is 0 Å². The predicted octanol–water partition coefficient (Wildman–Crippen LogP) is 14.7. The highest BCUT2D eigenvalue weighted by atomic mass is 16.5. The van der Waals surface area contributed by atoms with Crippen LogP contribution in [0.3, 0.4) is 0 Å². The molecule has 0 N–H and O–H groups in total. The molecule has 10 aromatic rings. The molecule has 0 aromatic heterocycles. The number of ether oxygens (including phenoxy) is 2. The first-order valence-electron chi connectivity index (χ1n) is 19.1. The highest BCUT2D eigenvalue weighted by Crippen LogP contribution is 2.50. The zero-order valence-corrected chi connectivity index (χ0v) is 31.3. The van der Waals surface area contributed by atoms with E-state index < -0.39 is 0 Å². The van der Waals surface area contributed by atoms with Gasteiger partial charge in [-0.3, -0.25) is 0 Å². The third-order valence-electron chi connectivity index (χ3n) is 11.2. The summed E-state index contributed by atoms with van der Waals surface area (Å²) in [5, 5.41) is 9.60. The molecule has 0 bridgehead atoms. The van der Waals surface area contributed by atoms with Crippen molar-refractivity contribution in [2.45, 2.75) is 0 Å². The van der Waals surface area contributed by atoms with Gasteiger partial charge in [-0.05, 0) is 141 Å². The molecule has 0 aliphatic rings. The maximum absolute atomic E-state index is 5.81. The zero-order valence-electron chi connectivity index (χ0n) is 31.3. The highest BCUT2D eigenvalue weighted by Gasteiger charge is 2.23. The molecule has 0 fully saturated rings. The Kier molecular flexibility index (Phi) is 8.30. The minimum atomic E-state index is 0.828. The summed E-state index contributed by atoms with van der Waals surface area (Å²) in [5.74, 6) is 1.66. The molecular formula is C54H38O2. The molecule has 10 rings (SSSR count). The topological polar surface area (TPSA) is 18.5 Å². The van der Waals surface area contributed by atoms with E-state index in [1.807, 2.05) is 12.1 Å². The Bertz CT molecular complexity index is 3090. The van der Waals surface area contributed by atoms with E-state index in [2.05, 4.69) is 182 Å². The van der Waals surface area contributed by atoms with Crippen molar-refractivity contribution in [3.8, 4) is 67.1 Å². The summed E-state index contributed by atoms with van der Waals surface area (Å²) in [5.41, 5.74) is 11.8. The molecular weight excluding hydrogens is 681 g/mol. The fraction of sp³-hybridized carbons (Fsp3) is 0.0370. The van der Waals surface area contributed by atoms with Crippen LogP contribution in [0.5, 0.6) is 11.5 Å². The number of benzene rings is 10. The van der Waals surface area contributed by atoms with E-state index in [-0.39, 0.29) is 0 Å². The van der Waals surface area contributed by atoms with Gasteiger partial charge in [0.25, 0.3) is 0 Å². The molecule has 0 aliphatic heterocycles. The van der Waals surface area contributed by atoms with Gasteiger partial charge in [-0.25, -0.2) is 0 Å². The van der Waals surface area contributed by atoms with E-state index in [9.17, 15) is 0 Å². The Morgan fingerprint density at radius 2 is 0.607 bits per heavy atom. The van der Waals surface area contributed by atoms with Gasteiger partial charge in [0, 0.05) is 0 Å². The maximum atomic E-state index is 5.81. The predicted molar refractivity (Wildman–Crippen MR) is 237 cm³/mol. The average Bonchev–Trinajstić information content (AvgIpc) is 3.27. The van der Waals surface area contributed by atoms with Crippen LogP contribution in [0.15, 0.2) is 194 Å². The lowest BCUT2D eigenvalue weighted by molar-refractivity contribution is 0.415. The van der Waals surface area contributed by atoms with Crippen molar-refractivity contribution < 1.29 is 9.47 Å². The van der Waals surface area contributed by atoms with Gasteiger partial charge in [-0.2, -0.15) is 0 Å². The summed E-state index contributed by atoms with van der Waals surface area (Å²) in [4.78, 5) is 0. The molecule has 10 aromatic carbocycles. The molecule has 0 spiro atoms. The van der Waals surface area contributed by atoms with E-state index in [0.717, 1.165) is 22.6 Å². The first-order chi connectivity index (χ1) is 27.7. The number of methoxy groups -OCH3 is 2. The van der Waals surface area contributed by atoms with E-state index in [1.165, 1.54) is 87.6 Å². The fourth-order valence-corrected chi connectivity index (χ4v) is 8.73. The highest BCUT2D eigenvalue weighted by molar-refractivity contribution is 6.29. The maximum Gasteiger partial charge on any atom is 0.119 e. The molecule has 0 atom stereocenters. The van der Waals surface area contributed by atoms with Gasteiger partial charge >= 0.3 is 0 Å². The van der Waals surface area contributed by atoms with Crippen LogP contribution >= 0.6 is 0 Å². The summed E-state index contributed by atoms with van der Waals surface area (Å²) in [6, 6.07) is 70.2.